The topological polar surface area (TPSA) is 74.3 Å². The first kappa shape index (κ1) is 18.9. The lowest BCUT2D eigenvalue weighted by Gasteiger charge is -2.31. The van der Waals surface area contributed by atoms with Gasteiger partial charge in [-0.3, -0.25) is 0 Å². The molecule has 0 radical (unpaired) electrons. The standard InChI is InChI=1S/C22H21NO6/c1-26-18(24)17-19(27-2)29-20-22(17,13-14-9-5-4-6-10-14)15-11-7-8-12-16(15)23(20)21(25)28-3/h4-12,20H,13H2,1-3H3. The number of nitrogens with zero attached hydrogens (tertiary/aromatic N) is 1. The number of carbonyl (C=O) groups excluding carboxylic acids is 2. The number of para-hydroxylation sites is 1. The molecule has 7 nitrogen and oxygen atoms in total. The van der Waals surface area contributed by atoms with Gasteiger partial charge in [-0.2, -0.15) is 0 Å². The van der Waals surface area contributed by atoms with Gasteiger partial charge in [0.25, 0.3) is 5.95 Å². The van der Waals surface area contributed by atoms with E-state index in [-0.39, 0.29) is 11.5 Å². The summed E-state index contributed by atoms with van der Waals surface area (Å²) in [7, 11) is 4.04. The second kappa shape index (κ2) is 7.16. The zero-order chi connectivity index (χ0) is 20.6. The zero-order valence-corrected chi connectivity index (χ0v) is 16.4. The quantitative estimate of drug-likeness (QED) is 0.741. The second-order valence-electron chi connectivity index (χ2n) is 6.82. The Morgan fingerprint density at radius 1 is 1.00 bits per heavy atom. The zero-order valence-electron chi connectivity index (χ0n) is 16.4. The lowest BCUT2D eigenvalue weighted by Crippen LogP contribution is -2.48. The van der Waals surface area contributed by atoms with Crippen LogP contribution in [0.4, 0.5) is 10.5 Å². The molecule has 2 aliphatic rings. The van der Waals surface area contributed by atoms with Crippen molar-refractivity contribution >= 4 is 17.7 Å². The first-order valence-electron chi connectivity index (χ1n) is 9.12. The van der Waals surface area contributed by atoms with E-state index in [1.807, 2.05) is 54.6 Å². The number of hydrogen-bond donors (Lipinski definition) is 0. The van der Waals surface area contributed by atoms with Gasteiger partial charge < -0.3 is 18.9 Å². The minimum atomic E-state index is -1.01. The molecule has 0 fully saturated rings. The third-order valence-electron chi connectivity index (χ3n) is 5.44. The van der Waals surface area contributed by atoms with Gasteiger partial charge in [0.1, 0.15) is 5.57 Å². The molecule has 0 spiro atoms. The van der Waals surface area contributed by atoms with Crippen LogP contribution in [0.15, 0.2) is 66.1 Å². The normalized spacial score (nSPS) is 21.9. The van der Waals surface area contributed by atoms with Crippen LogP contribution in [0.25, 0.3) is 0 Å². The van der Waals surface area contributed by atoms with Gasteiger partial charge in [0.2, 0.25) is 0 Å². The minimum Gasteiger partial charge on any atom is -0.468 e. The van der Waals surface area contributed by atoms with Crippen LogP contribution >= 0.6 is 0 Å². The molecule has 29 heavy (non-hydrogen) atoms. The summed E-state index contributed by atoms with van der Waals surface area (Å²) in [6.07, 6.45) is -1.03. The Labute approximate surface area is 168 Å². The molecule has 0 N–H and O–H groups in total. The molecule has 2 heterocycles. The molecule has 2 aromatic rings. The smallest absolute Gasteiger partial charge is 0.417 e. The lowest BCUT2D eigenvalue weighted by molar-refractivity contribution is -0.137. The fourth-order valence-electron chi connectivity index (χ4n) is 4.29. The number of methoxy groups -OCH3 is 3. The molecule has 2 aromatic carbocycles. The Bertz CT molecular complexity index is 986. The van der Waals surface area contributed by atoms with E-state index in [9.17, 15) is 9.59 Å². The maximum atomic E-state index is 12.9. The van der Waals surface area contributed by atoms with Gasteiger partial charge >= 0.3 is 12.1 Å². The van der Waals surface area contributed by atoms with Crippen molar-refractivity contribution in [3.05, 3.63) is 77.2 Å². The number of amides is 1. The highest BCUT2D eigenvalue weighted by atomic mass is 16.7. The molecule has 2 atom stereocenters. The molecule has 2 unspecified atom stereocenters. The first-order valence-corrected chi connectivity index (χ1v) is 9.12. The number of esters is 1. The molecule has 0 aromatic heterocycles. The van der Waals surface area contributed by atoms with E-state index >= 15 is 0 Å². The second-order valence-corrected chi connectivity index (χ2v) is 6.82. The van der Waals surface area contributed by atoms with E-state index in [1.165, 1.54) is 26.2 Å². The number of benzene rings is 2. The van der Waals surface area contributed by atoms with E-state index in [2.05, 4.69) is 0 Å². The van der Waals surface area contributed by atoms with Gasteiger partial charge in [-0.1, -0.05) is 48.5 Å². The van der Waals surface area contributed by atoms with Crippen molar-refractivity contribution in [2.75, 3.05) is 26.2 Å². The van der Waals surface area contributed by atoms with E-state index in [0.717, 1.165) is 11.1 Å². The number of anilines is 1. The predicted octanol–water partition coefficient (Wildman–Crippen LogP) is 3.14. The Balaban J connectivity index is 2.00. The SMILES string of the molecule is COC(=O)C1=C(OC)OC2N(C(=O)OC)c3ccccc3C12Cc1ccccc1. The van der Waals surface area contributed by atoms with Crippen molar-refractivity contribution in [3.8, 4) is 0 Å². The fraction of sp³-hybridized carbons (Fsp3) is 0.273. The van der Waals surface area contributed by atoms with Crippen LogP contribution in [-0.2, 0) is 35.6 Å². The average molecular weight is 395 g/mol. The van der Waals surface area contributed by atoms with Crippen LogP contribution in [0.5, 0.6) is 0 Å². The summed E-state index contributed by atoms with van der Waals surface area (Å²) >= 11 is 0. The van der Waals surface area contributed by atoms with E-state index in [0.29, 0.717) is 12.1 Å². The van der Waals surface area contributed by atoms with Gasteiger partial charge in [0, 0.05) is 0 Å². The number of rotatable bonds is 4. The summed E-state index contributed by atoms with van der Waals surface area (Å²) in [6.45, 7) is 0. The van der Waals surface area contributed by atoms with Crippen molar-refractivity contribution in [3.63, 3.8) is 0 Å². The van der Waals surface area contributed by atoms with E-state index in [4.69, 9.17) is 18.9 Å². The van der Waals surface area contributed by atoms with Crippen LogP contribution in [0.1, 0.15) is 11.1 Å². The van der Waals surface area contributed by atoms with Gasteiger partial charge in [-0.25, -0.2) is 14.5 Å². The number of carbonyl (C=O) groups is 2. The maximum absolute atomic E-state index is 12.9. The van der Waals surface area contributed by atoms with Gasteiger partial charge in [-0.15, -0.1) is 0 Å². The van der Waals surface area contributed by atoms with Gasteiger partial charge in [0.15, 0.2) is 6.23 Å². The Hall–Kier alpha value is -3.48. The molecule has 4 rings (SSSR count). The number of fused-ring (bicyclic) bond motifs is 3. The first-order chi connectivity index (χ1) is 14.1. The monoisotopic (exact) mass is 395 g/mol. The largest absolute Gasteiger partial charge is 0.468 e. The van der Waals surface area contributed by atoms with E-state index < -0.39 is 23.7 Å². The highest BCUT2D eigenvalue weighted by molar-refractivity contribution is 5.99. The van der Waals surface area contributed by atoms with Crippen LogP contribution < -0.4 is 4.90 Å². The summed E-state index contributed by atoms with van der Waals surface area (Å²) in [5.41, 5.74) is 1.60. The maximum Gasteiger partial charge on any atom is 0.417 e. The summed E-state index contributed by atoms with van der Waals surface area (Å²) in [6, 6.07) is 17.1. The van der Waals surface area contributed by atoms with Crippen molar-refractivity contribution < 1.29 is 28.5 Å². The molecule has 0 saturated carbocycles. The minimum absolute atomic E-state index is 0.0428. The summed E-state index contributed by atoms with van der Waals surface area (Å²) in [5, 5.41) is 0. The molecule has 7 heteroatoms. The van der Waals surface area contributed by atoms with Crippen LogP contribution in [0, 0.1) is 0 Å². The highest BCUT2D eigenvalue weighted by Crippen LogP contribution is 2.57. The molecular weight excluding hydrogens is 374 g/mol. The van der Waals surface area contributed by atoms with Crippen molar-refractivity contribution in [2.24, 2.45) is 0 Å². The summed E-state index contributed by atoms with van der Waals surface area (Å²) < 4.78 is 21.5. The molecule has 1 amide bonds. The summed E-state index contributed by atoms with van der Waals surface area (Å²) in [4.78, 5) is 27.0. The lowest BCUT2D eigenvalue weighted by atomic mass is 9.71. The average Bonchev–Trinajstić information content (AvgIpc) is 3.21. The summed E-state index contributed by atoms with van der Waals surface area (Å²) in [5.74, 6) is -0.525. The van der Waals surface area contributed by atoms with Crippen LogP contribution in [-0.4, -0.2) is 39.6 Å². The molecule has 0 bridgehead atoms. The van der Waals surface area contributed by atoms with Crippen LogP contribution in [0.3, 0.4) is 0 Å². The van der Waals surface area contributed by atoms with Crippen molar-refractivity contribution in [2.45, 2.75) is 18.1 Å². The Kier molecular flexibility index (Phi) is 4.66. The van der Waals surface area contributed by atoms with Crippen molar-refractivity contribution in [1.29, 1.82) is 0 Å². The van der Waals surface area contributed by atoms with Gasteiger partial charge in [-0.05, 0) is 23.6 Å². The van der Waals surface area contributed by atoms with E-state index in [1.54, 1.807) is 0 Å². The molecular formula is C22H21NO6. The highest BCUT2D eigenvalue weighted by Gasteiger charge is 2.64. The molecule has 150 valence electrons. The third-order valence-corrected chi connectivity index (χ3v) is 5.44. The predicted molar refractivity (Wildman–Crippen MR) is 104 cm³/mol. The Morgan fingerprint density at radius 2 is 1.69 bits per heavy atom. The third kappa shape index (κ3) is 2.65. The van der Waals surface area contributed by atoms with Gasteiger partial charge in [0.05, 0.1) is 32.4 Å². The van der Waals surface area contributed by atoms with Crippen molar-refractivity contribution in [1.82, 2.24) is 0 Å². The molecule has 0 aliphatic carbocycles. The molecule has 0 saturated heterocycles. The molecule has 2 aliphatic heterocycles. The number of hydrogen-bond acceptors (Lipinski definition) is 6. The Morgan fingerprint density at radius 3 is 2.34 bits per heavy atom. The fourth-order valence-corrected chi connectivity index (χ4v) is 4.29. The number of ether oxygens (including phenoxy) is 4. The van der Waals surface area contributed by atoms with Crippen LogP contribution in [0.2, 0.25) is 0 Å².